The number of carbonyl (C=O) groups is 1. The largest absolute Gasteiger partial charge is 0.349 e. The van der Waals surface area contributed by atoms with Gasteiger partial charge in [-0.1, -0.05) is 20.8 Å². The molecule has 0 saturated carbocycles. The highest BCUT2D eigenvalue weighted by molar-refractivity contribution is 9.10. The minimum Gasteiger partial charge on any atom is -0.349 e. The molecule has 0 aliphatic carbocycles. The first-order valence-corrected chi connectivity index (χ1v) is 9.08. The summed E-state index contributed by atoms with van der Waals surface area (Å²) in [5.41, 5.74) is 0.162. The van der Waals surface area contributed by atoms with Crippen LogP contribution in [0.3, 0.4) is 0 Å². The SMILES string of the molecule is CC(NC(=O)c1ccc(Br)c(S(=O)(=O)Cl)c1)C(C)(C)C. The molecule has 112 valence electrons. The zero-order valence-corrected chi connectivity index (χ0v) is 14.9. The Morgan fingerprint density at radius 3 is 2.35 bits per heavy atom. The first kappa shape index (κ1) is 17.5. The van der Waals surface area contributed by atoms with Crippen molar-refractivity contribution in [1.29, 1.82) is 0 Å². The van der Waals surface area contributed by atoms with Crippen LogP contribution in [-0.4, -0.2) is 20.4 Å². The number of halogens is 2. The number of carbonyl (C=O) groups excluding carboxylic acids is 1. The molecule has 4 nitrogen and oxygen atoms in total. The van der Waals surface area contributed by atoms with Crippen LogP contribution in [0.2, 0.25) is 0 Å². The number of nitrogens with one attached hydrogen (secondary N) is 1. The third-order valence-corrected chi connectivity index (χ3v) is 5.42. The molecule has 1 rings (SSSR count). The fraction of sp³-hybridized carbons (Fsp3) is 0.462. The summed E-state index contributed by atoms with van der Waals surface area (Å²) in [4.78, 5) is 12.0. The van der Waals surface area contributed by atoms with Crippen molar-refractivity contribution in [2.24, 2.45) is 5.41 Å². The van der Waals surface area contributed by atoms with Crippen LogP contribution < -0.4 is 5.32 Å². The summed E-state index contributed by atoms with van der Waals surface area (Å²) in [6.07, 6.45) is 0. The molecule has 1 amide bonds. The van der Waals surface area contributed by atoms with Crippen LogP contribution in [0.25, 0.3) is 0 Å². The Labute approximate surface area is 132 Å². The van der Waals surface area contributed by atoms with E-state index < -0.39 is 9.05 Å². The van der Waals surface area contributed by atoms with Crippen LogP contribution in [0.1, 0.15) is 38.1 Å². The van der Waals surface area contributed by atoms with Crippen molar-refractivity contribution in [1.82, 2.24) is 5.32 Å². The molecule has 0 radical (unpaired) electrons. The van der Waals surface area contributed by atoms with Crippen LogP contribution in [0.5, 0.6) is 0 Å². The standard InChI is InChI=1S/C13H17BrClNO3S/c1-8(13(2,3)4)16-12(17)9-5-6-10(14)11(7-9)20(15,18)19/h5-8H,1-4H3,(H,16,17). The first-order valence-electron chi connectivity index (χ1n) is 5.98. The van der Waals surface area contributed by atoms with Gasteiger partial charge in [-0.15, -0.1) is 0 Å². The average Bonchev–Trinajstić information content (AvgIpc) is 2.26. The lowest BCUT2D eigenvalue weighted by Gasteiger charge is -2.28. The van der Waals surface area contributed by atoms with Crippen molar-refractivity contribution in [2.75, 3.05) is 0 Å². The molecule has 0 fully saturated rings. The second kappa shape index (κ2) is 6.03. The van der Waals surface area contributed by atoms with E-state index in [4.69, 9.17) is 10.7 Å². The van der Waals surface area contributed by atoms with E-state index in [9.17, 15) is 13.2 Å². The number of amides is 1. The second-order valence-electron chi connectivity index (χ2n) is 5.64. The van der Waals surface area contributed by atoms with Gasteiger partial charge in [0.15, 0.2) is 0 Å². The van der Waals surface area contributed by atoms with E-state index in [1.807, 2.05) is 27.7 Å². The van der Waals surface area contributed by atoms with Crippen LogP contribution in [-0.2, 0) is 9.05 Å². The van der Waals surface area contributed by atoms with E-state index in [1.54, 1.807) is 6.07 Å². The molecule has 0 aromatic heterocycles. The molecular weight excluding hydrogens is 366 g/mol. The fourth-order valence-corrected chi connectivity index (χ4v) is 3.45. The van der Waals surface area contributed by atoms with Crippen LogP contribution in [0.4, 0.5) is 0 Å². The van der Waals surface area contributed by atoms with E-state index in [0.717, 1.165) is 0 Å². The summed E-state index contributed by atoms with van der Waals surface area (Å²) in [6.45, 7) is 7.92. The Hall–Kier alpha value is -0.590. The lowest BCUT2D eigenvalue weighted by molar-refractivity contribution is 0.0910. The van der Waals surface area contributed by atoms with Crippen molar-refractivity contribution in [3.63, 3.8) is 0 Å². The van der Waals surface area contributed by atoms with Crippen molar-refractivity contribution in [2.45, 2.75) is 38.6 Å². The molecule has 0 spiro atoms. The number of benzene rings is 1. The third kappa shape index (κ3) is 4.46. The average molecular weight is 383 g/mol. The number of hydrogen-bond donors (Lipinski definition) is 1. The quantitative estimate of drug-likeness (QED) is 0.813. The smallest absolute Gasteiger partial charge is 0.262 e. The molecule has 0 aliphatic heterocycles. The molecule has 1 aromatic rings. The lowest BCUT2D eigenvalue weighted by Crippen LogP contribution is -2.41. The molecule has 1 unspecified atom stereocenters. The van der Waals surface area contributed by atoms with Gasteiger partial charge in [-0.2, -0.15) is 0 Å². The summed E-state index contributed by atoms with van der Waals surface area (Å²) in [7, 11) is 1.43. The van der Waals surface area contributed by atoms with Gasteiger partial charge in [0, 0.05) is 26.8 Å². The van der Waals surface area contributed by atoms with Gasteiger partial charge < -0.3 is 5.32 Å². The topological polar surface area (TPSA) is 63.2 Å². The summed E-state index contributed by atoms with van der Waals surface area (Å²) in [5, 5.41) is 2.84. The van der Waals surface area contributed by atoms with E-state index in [1.165, 1.54) is 12.1 Å². The van der Waals surface area contributed by atoms with Gasteiger partial charge >= 0.3 is 0 Å². The molecule has 20 heavy (non-hydrogen) atoms. The molecule has 0 heterocycles. The van der Waals surface area contributed by atoms with Gasteiger partial charge in [-0.3, -0.25) is 4.79 Å². The maximum atomic E-state index is 12.1. The molecule has 1 atom stereocenters. The first-order chi connectivity index (χ1) is 8.93. The molecule has 0 bridgehead atoms. The Morgan fingerprint density at radius 2 is 1.90 bits per heavy atom. The molecular formula is C13H17BrClNO3S. The predicted molar refractivity (Wildman–Crippen MR) is 83.6 cm³/mol. The Morgan fingerprint density at radius 1 is 1.35 bits per heavy atom. The normalized spacial score (nSPS) is 13.9. The second-order valence-corrected chi connectivity index (χ2v) is 9.03. The zero-order chi connectivity index (χ0) is 15.7. The molecule has 0 aliphatic rings. The van der Waals surface area contributed by atoms with Crippen LogP contribution in [0.15, 0.2) is 27.6 Å². The van der Waals surface area contributed by atoms with Crippen molar-refractivity contribution in [3.8, 4) is 0 Å². The maximum absolute atomic E-state index is 12.1. The zero-order valence-electron chi connectivity index (χ0n) is 11.7. The highest BCUT2D eigenvalue weighted by atomic mass is 79.9. The minimum atomic E-state index is -3.90. The molecule has 1 aromatic carbocycles. The van der Waals surface area contributed by atoms with Crippen molar-refractivity contribution >= 4 is 41.6 Å². The molecule has 7 heteroatoms. The predicted octanol–water partition coefficient (Wildman–Crippen LogP) is 3.54. The van der Waals surface area contributed by atoms with Crippen LogP contribution in [0, 0.1) is 5.41 Å². The third-order valence-electron chi connectivity index (χ3n) is 3.10. The summed E-state index contributed by atoms with van der Waals surface area (Å²) >= 11 is 3.10. The number of rotatable bonds is 3. The van der Waals surface area contributed by atoms with Gasteiger partial charge in [0.25, 0.3) is 15.0 Å². The lowest BCUT2D eigenvalue weighted by atomic mass is 9.88. The Balaban J connectivity index is 3.08. The van der Waals surface area contributed by atoms with Gasteiger partial charge in [-0.05, 0) is 46.5 Å². The van der Waals surface area contributed by atoms with Crippen LogP contribution >= 0.6 is 26.6 Å². The van der Waals surface area contributed by atoms with Gasteiger partial charge in [0.05, 0.1) is 4.90 Å². The minimum absolute atomic E-state index is 0.0605. The van der Waals surface area contributed by atoms with E-state index in [-0.39, 0.29) is 27.8 Å². The van der Waals surface area contributed by atoms with Gasteiger partial charge in [0.1, 0.15) is 0 Å². The number of hydrogen-bond acceptors (Lipinski definition) is 3. The van der Waals surface area contributed by atoms with Crippen molar-refractivity contribution in [3.05, 3.63) is 28.2 Å². The maximum Gasteiger partial charge on any atom is 0.262 e. The molecule has 0 saturated heterocycles. The van der Waals surface area contributed by atoms with Gasteiger partial charge in [-0.25, -0.2) is 8.42 Å². The van der Waals surface area contributed by atoms with Gasteiger partial charge in [0.2, 0.25) is 0 Å². The Kier molecular flexibility index (Phi) is 5.27. The Bertz CT molecular complexity index is 623. The summed E-state index contributed by atoms with van der Waals surface area (Å²) in [5.74, 6) is -0.332. The fourth-order valence-electron chi connectivity index (χ4n) is 1.33. The van der Waals surface area contributed by atoms with E-state index in [2.05, 4.69) is 21.2 Å². The highest BCUT2D eigenvalue weighted by Gasteiger charge is 2.23. The highest BCUT2D eigenvalue weighted by Crippen LogP contribution is 2.26. The van der Waals surface area contributed by atoms with E-state index in [0.29, 0.717) is 4.47 Å². The van der Waals surface area contributed by atoms with Crippen molar-refractivity contribution < 1.29 is 13.2 Å². The monoisotopic (exact) mass is 381 g/mol. The summed E-state index contributed by atoms with van der Waals surface area (Å²) in [6, 6.07) is 4.23. The van der Waals surface area contributed by atoms with E-state index >= 15 is 0 Å². The summed E-state index contributed by atoms with van der Waals surface area (Å²) < 4.78 is 23.2. The molecule has 1 N–H and O–H groups in total.